The number of carbonyl (C=O) groups is 1. The predicted octanol–water partition coefficient (Wildman–Crippen LogP) is 4.34. The number of hydrogen-bond acceptors (Lipinski definition) is 2. The third-order valence-electron chi connectivity index (χ3n) is 5.18. The van der Waals surface area contributed by atoms with Crippen LogP contribution in [0.1, 0.15) is 48.7 Å². The van der Waals surface area contributed by atoms with E-state index in [-0.39, 0.29) is 17.9 Å². The number of fused-ring (bicyclic) bond motifs is 1. The van der Waals surface area contributed by atoms with Crippen LogP contribution in [0.3, 0.4) is 0 Å². The smallest absolute Gasteiger partial charge is 0.230 e. The van der Waals surface area contributed by atoms with Gasteiger partial charge < -0.3 is 9.88 Å². The molecule has 4 rings (SSSR count). The van der Waals surface area contributed by atoms with Crippen LogP contribution in [0.15, 0.2) is 48.5 Å². The Bertz CT molecular complexity index is 900. The Morgan fingerprint density at radius 1 is 1.24 bits per heavy atom. The largest absolute Gasteiger partial charge is 0.340 e. The van der Waals surface area contributed by atoms with Gasteiger partial charge >= 0.3 is 0 Å². The fourth-order valence-electron chi connectivity index (χ4n) is 3.75. The molecule has 0 unspecified atom stereocenters. The van der Waals surface area contributed by atoms with Crippen molar-refractivity contribution in [3.63, 3.8) is 0 Å². The van der Waals surface area contributed by atoms with Crippen molar-refractivity contribution < 1.29 is 4.79 Å². The molecule has 4 nitrogen and oxygen atoms in total. The molecule has 1 N–H and O–H groups in total. The lowest BCUT2D eigenvalue weighted by atomic mass is 9.99. The Labute approximate surface area is 147 Å². The van der Waals surface area contributed by atoms with E-state index in [2.05, 4.69) is 24.0 Å². The van der Waals surface area contributed by atoms with Crippen molar-refractivity contribution in [2.24, 2.45) is 0 Å². The molecule has 1 saturated heterocycles. The minimum absolute atomic E-state index is 0.0476. The number of aryl methyl sites for hydroxylation is 1. The van der Waals surface area contributed by atoms with Gasteiger partial charge in [0.05, 0.1) is 23.0 Å². The molecule has 128 valence electrons. The number of likely N-dealkylation sites (tertiary alicyclic amines) is 1. The monoisotopic (exact) mass is 333 g/mol. The summed E-state index contributed by atoms with van der Waals surface area (Å²) in [4.78, 5) is 23.3. The van der Waals surface area contributed by atoms with Crippen LogP contribution in [0, 0.1) is 6.92 Å². The van der Waals surface area contributed by atoms with Crippen LogP contribution >= 0.6 is 0 Å². The molecule has 0 bridgehead atoms. The Morgan fingerprint density at radius 2 is 2.04 bits per heavy atom. The second-order valence-electron chi connectivity index (χ2n) is 6.96. The van der Waals surface area contributed by atoms with E-state index in [1.54, 1.807) is 0 Å². The average Bonchev–Trinajstić information content (AvgIpc) is 3.27. The molecule has 0 spiro atoms. The van der Waals surface area contributed by atoms with Gasteiger partial charge in [0.15, 0.2) is 0 Å². The molecule has 1 fully saturated rings. The maximum Gasteiger partial charge on any atom is 0.230 e. The summed E-state index contributed by atoms with van der Waals surface area (Å²) in [5.41, 5.74) is 4.29. The summed E-state index contributed by atoms with van der Waals surface area (Å²) in [5, 5.41) is 0. The lowest BCUT2D eigenvalue weighted by Crippen LogP contribution is -2.34. The standard InChI is InChI=1S/C21H23N3O/c1-14-10-11-17-18(13-14)23-20(22-17)19-9-6-12-24(19)21(25)15(2)16-7-4-3-5-8-16/h3-5,7-8,10-11,13,15,19H,6,9,12H2,1-2H3,(H,22,23)/t15-,19+/m1/s1. The number of H-pyrrole nitrogens is 1. The van der Waals surface area contributed by atoms with E-state index in [4.69, 9.17) is 4.98 Å². The molecule has 2 heterocycles. The third-order valence-corrected chi connectivity index (χ3v) is 5.18. The van der Waals surface area contributed by atoms with Gasteiger partial charge in [0.1, 0.15) is 5.82 Å². The second-order valence-corrected chi connectivity index (χ2v) is 6.96. The summed E-state index contributed by atoms with van der Waals surface area (Å²) in [6.45, 7) is 4.87. The van der Waals surface area contributed by atoms with Crippen molar-refractivity contribution >= 4 is 16.9 Å². The predicted molar refractivity (Wildman–Crippen MR) is 99.4 cm³/mol. The molecule has 1 amide bonds. The molecule has 2 atom stereocenters. The minimum atomic E-state index is -0.131. The number of nitrogens with zero attached hydrogens (tertiary/aromatic N) is 2. The molecular weight excluding hydrogens is 310 g/mol. The summed E-state index contributed by atoms with van der Waals surface area (Å²) < 4.78 is 0. The van der Waals surface area contributed by atoms with Crippen LogP contribution in [0.4, 0.5) is 0 Å². The number of hydrogen-bond donors (Lipinski definition) is 1. The SMILES string of the molecule is Cc1ccc2nc([C@@H]3CCCN3C(=O)[C@H](C)c3ccccc3)[nH]c2c1. The van der Waals surface area contributed by atoms with Gasteiger partial charge in [-0.15, -0.1) is 0 Å². The highest BCUT2D eigenvalue weighted by Crippen LogP contribution is 2.34. The zero-order valence-corrected chi connectivity index (χ0v) is 14.7. The van der Waals surface area contributed by atoms with E-state index in [1.165, 1.54) is 5.56 Å². The van der Waals surface area contributed by atoms with Crippen molar-refractivity contribution in [3.8, 4) is 0 Å². The highest BCUT2D eigenvalue weighted by molar-refractivity contribution is 5.84. The zero-order chi connectivity index (χ0) is 17.4. The molecule has 2 aromatic carbocycles. The zero-order valence-electron chi connectivity index (χ0n) is 14.7. The third kappa shape index (κ3) is 2.93. The van der Waals surface area contributed by atoms with Gasteiger partial charge in [-0.3, -0.25) is 4.79 Å². The molecule has 3 aromatic rings. The quantitative estimate of drug-likeness (QED) is 0.775. The number of aromatic nitrogens is 2. The summed E-state index contributed by atoms with van der Waals surface area (Å²) in [7, 11) is 0. The van der Waals surface area contributed by atoms with Crippen molar-refractivity contribution in [1.29, 1.82) is 0 Å². The normalized spacial score (nSPS) is 18.6. The van der Waals surface area contributed by atoms with Gasteiger partial charge in [0.2, 0.25) is 5.91 Å². The van der Waals surface area contributed by atoms with Gasteiger partial charge in [-0.25, -0.2) is 4.98 Å². The first-order chi connectivity index (χ1) is 12.1. The van der Waals surface area contributed by atoms with Crippen molar-refractivity contribution in [2.75, 3.05) is 6.54 Å². The summed E-state index contributed by atoms with van der Waals surface area (Å²) in [6, 6.07) is 16.3. The molecule has 1 aliphatic rings. The number of carbonyl (C=O) groups excluding carboxylic acids is 1. The summed E-state index contributed by atoms with van der Waals surface area (Å²) in [6.07, 6.45) is 1.99. The Kier molecular flexibility index (Phi) is 4.04. The van der Waals surface area contributed by atoms with E-state index in [9.17, 15) is 4.79 Å². The Hall–Kier alpha value is -2.62. The van der Waals surface area contributed by atoms with Crippen LogP contribution in [0.5, 0.6) is 0 Å². The molecule has 1 aliphatic heterocycles. The first-order valence-electron chi connectivity index (χ1n) is 8.95. The lowest BCUT2D eigenvalue weighted by Gasteiger charge is -2.26. The van der Waals surface area contributed by atoms with E-state index >= 15 is 0 Å². The molecule has 25 heavy (non-hydrogen) atoms. The number of rotatable bonds is 3. The van der Waals surface area contributed by atoms with Crippen LogP contribution < -0.4 is 0 Å². The fourth-order valence-corrected chi connectivity index (χ4v) is 3.75. The first kappa shape index (κ1) is 15.9. The van der Waals surface area contributed by atoms with Gasteiger partial charge in [-0.2, -0.15) is 0 Å². The molecule has 0 radical (unpaired) electrons. The van der Waals surface area contributed by atoms with Crippen LogP contribution in [0.2, 0.25) is 0 Å². The van der Waals surface area contributed by atoms with Crippen LogP contribution in [-0.4, -0.2) is 27.3 Å². The second kappa shape index (κ2) is 6.36. The molecule has 0 aliphatic carbocycles. The molecular formula is C21H23N3O. The van der Waals surface area contributed by atoms with E-state index in [0.717, 1.165) is 41.8 Å². The number of nitrogens with one attached hydrogen (secondary N) is 1. The first-order valence-corrected chi connectivity index (χ1v) is 8.95. The maximum absolute atomic E-state index is 13.1. The highest BCUT2D eigenvalue weighted by atomic mass is 16.2. The maximum atomic E-state index is 13.1. The van der Waals surface area contributed by atoms with Gasteiger partial charge in [0.25, 0.3) is 0 Å². The molecule has 1 aromatic heterocycles. The number of imidazole rings is 1. The highest BCUT2D eigenvalue weighted by Gasteiger charge is 2.34. The minimum Gasteiger partial charge on any atom is -0.340 e. The Morgan fingerprint density at radius 3 is 2.84 bits per heavy atom. The number of aromatic amines is 1. The summed E-state index contributed by atoms with van der Waals surface area (Å²) >= 11 is 0. The molecule has 0 saturated carbocycles. The van der Waals surface area contributed by atoms with Crippen molar-refractivity contribution in [3.05, 3.63) is 65.5 Å². The number of benzene rings is 2. The van der Waals surface area contributed by atoms with Gasteiger partial charge in [0, 0.05) is 6.54 Å². The fraction of sp³-hybridized carbons (Fsp3) is 0.333. The lowest BCUT2D eigenvalue weighted by molar-refractivity contribution is -0.133. The van der Waals surface area contributed by atoms with E-state index in [0.29, 0.717) is 0 Å². The molecule has 4 heteroatoms. The van der Waals surface area contributed by atoms with Crippen LogP contribution in [0.25, 0.3) is 11.0 Å². The van der Waals surface area contributed by atoms with E-state index in [1.807, 2.05) is 48.2 Å². The summed E-state index contributed by atoms with van der Waals surface area (Å²) in [5.74, 6) is 0.963. The topological polar surface area (TPSA) is 49.0 Å². The van der Waals surface area contributed by atoms with E-state index < -0.39 is 0 Å². The van der Waals surface area contributed by atoms with Crippen molar-refractivity contribution in [2.45, 2.75) is 38.6 Å². The average molecular weight is 333 g/mol. The van der Waals surface area contributed by atoms with Crippen LogP contribution in [-0.2, 0) is 4.79 Å². The Balaban J connectivity index is 1.62. The number of amides is 1. The van der Waals surface area contributed by atoms with Gasteiger partial charge in [-0.1, -0.05) is 36.4 Å². The van der Waals surface area contributed by atoms with Gasteiger partial charge in [-0.05, 0) is 49.9 Å². The van der Waals surface area contributed by atoms with Crippen molar-refractivity contribution in [1.82, 2.24) is 14.9 Å².